The highest BCUT2D eigenvalue weighted by molar-refractivity contribution is 7.99. The van der Waals surface area contributed by atoms with E-state index in [1.165, 1.54) is 23.9 Å². The molecule has 0 atom stereocenters. The summed E-state index contributed by atoms with van der Waals surface area (Å²) < 4.78 is 15.6. The molecule has 3 rings (SSSR count). The van der Waals surface area contributed by atoms with Crippen molar-refractivity contribution in [2.24, 2.45) is 0 Å². The quantitative estimate of drug-likeness (QED) is 0.645. The molecule has 0 radical (unpaired) electrons. The molecule has 26 heavy (non-hydrogen) atoms. The lowest BCUT2D eigenvalue weighted by Gasteiger charge is -2.08. The van der Waals surface area contributed by atoms with Crippen molar-refractivity contribution >= 4 is 35.0 Å². The second-order valence-electron chi connectivity index (χ2n) is 5.25. The number of anilines is 1. The lowest BCUT2D eigenvalue weighted by Crippen LogP contribution is -2.15. The zero-order valence-corrected chi connectivity index (χ0v) is 15.4. The highest BCUT2D eigenvalue weighted by atomic mass is 35.5. The number of aromatic nitrogens is 4. The first-order valence-corrected chi connectivity index (χ1v) is 9.16. The van der Waals surface area contributed by atoms with Crippen LogP contribution in [0.3, 0.4) is 0 Å². The molecule has 1 amide bonds. The molecule has 0 spiro atoms. The summed E-state index contributed by atoms with van der Waals surface area (Å²) >= 11 is 6.93. The van der Waals surface area contributed by atoms with Crippen molar-refractivity contribution < 1.29 is 9.18 Å². The zero-order valence-electron chi connectivity index (χ0n) is 13.8. The Morgan fingerprint density at radius 2 is 2.19 bits per heavy atom. The fourth-order valence-corrected chi connectivity index (χ4v) is 3.26. The maximum Gasteiger partial charge on any atom is 0.234 e. The number of benzene rings is 1. The van der Waals surface area contributed by atoms with Gasteiger partial charge >= 0.3 is 0 Å². The summed E-state index contributed by atoms with van der Waals surface area (Å²) in [6, 6.07) is 7.81. The van der Waals surface area contributed by atoms with Crippen LogP contribution in [0.1, 0.15) is 6.92 Å². The number of nitrogens with one attached hydrogen (secondary N) is 1. The molecule has 134 valence electrons. The van der Waals surface area contributed by atoms with Gasteiger partial charge in [-0.1, -0.05) is 23.4 Å². The van der Waals surface area contributed by atoms with E-state index in [1.54, 1.807) is 12.4 Å². The topological polar surface area (TPSA) is 72.7 Å². The second kappa shape index (κ2) is 8.29. The number of carbonyl (C=O) groups is 1. The van der Waals surface area contributed by atoms with Crippen LogP contribution in [0.25, 0.3) is 11.4 Å². The Balaban J connectivity index is 1.68. The molecule has 0 saturated carbocycles. The van der Waals surface area contributed by atoms with Gasteiger partial charge in [-0.2, -0.15) is 0 Å². The van der Waals surface area contributed by atoms with Crippen LogP contribution in [0.5, 0.6) is 0 Å². The lowest BCUT2D eigenvalue weighted by atomic mass is 10.3. The number of carbonyl (C=O) groups excluding carboxylic acids is 1. The predicted octanol–water partition coefficient (Wildman–Crippen LogP) is 3.88. The highest BCUT2D eigenvalue weighted by Crippen LogP contribution is 2.24. The van der Waals surface area contributed by atoms with Crippen LogP contribution >= 0.6 is 23.4 Å². The van der Waals surface area contributed by atoms with Gasteiger partial charge in [-0.15, -0.1) is 10.2 Å². The van der Waals surface area contributed by atoms with Crippen LogP contribution in [0.2, 0.25) is 5.02 Å². The number of thioether (sulfide) groups is 1. The Morgan fingerprint density at radius 1 is 1.35 bits per heavy atom. The van der Waals surface area contributed by atoms with Gasteiger partial charge in [0.2, 0.25) is 5.91 Å². The SMILES string of the molecule is CCn1c(SCC(=O)Nc2ccc(Cl)cc2F)nnc1-c1cccnc1. The minimum absolute atomic E-state index is 0.0766. The van der Waals surface area contributed by atoms with E-state index in [0.29, 0.717) is 17.5 Å². The second-order valence-corrected chi connectivity index (χ2v) is 6.63. The van der Waals surface area contributed by atoms with Gasteiger partial charge in [0.25, 0.3) is 0 Å². The van der Waals surface area contributed by atoms with Crippen LogP contribution in [0.4, 0.5) is 10.1 Å². The number of nitrogens with zero attached hydrogens (tertiary/aromatic N) is 4. The van der Waals surface area contributed by atoms with Gasteiger partial charge < -0.3 is 9.88 Å². The first-order chi connectivity index (χ1) is 12.6. The van der Waals surface area contributed by atoms with Crippen molar-refractivity contribution in [3.8, 4) is 11.4 Å². The molecule has 0 aliphatic carbocycles. The predicted molar refractivity (Wildman–Crippen MR) is 99.7 cm³/mol. The standard InChI is InChI=1S/C17H15ClFN5OS/c1-2-24-16(11-4-3-7-20-9-11)22-23-17(24)26-10-15(25)21-14-6-5-12(18)8-13(14)19/h3-9H,2,10H2,1H3,(H,21,25). The molecular formula is C17H15ClFN5OS. The number of halogens is 2. The number of pyridine rings is 1. The van der Waals surface area contributed by atoms with Gasteiger partial charge in [-0.3, -0.25) is 9.78 Å². The maximum absolute atomic E-state index is 13.7. The van der Waals surface area contributed by atoms with E-state index in [2.05, 4.69) is 20.5 Å². The van der Waals surface area contributed by atoms with Gasteiger partial charge in [-0.25, -0.2) is 4.39 Å². The minimum Gasteiger partial charge on any atom is -0.323 e. The van der Waals surface area contributed by atoms with E-state index in [4.69, 9.17) is 11.6 Å². The lowest BCUT2D eigenvalue weighted by molar-refractivity contribution is -0.113. The number of amides is 1. The number of hydrogen-bond acceptors (Lipinski definition) is 5. The van der Waals surface area contributed by atoms with Gasteiger partial charge in [0, 0.05) is 29.5 Å². The maximum atomic E-state index is 13.7. The molecule has 3 aromatic rings. The molecule has 0 saturated heterocycles. The van der Waals surface area contributed by atoms with Gasteiger partial charge in [0.15, 0.2) is 11.0 Å². The van der Waals surface area contributed by atoms with Crippen LogP contribution < -0.4 is 5.32 Å². The monoisotopic (exact) mass is 391 g/mol. The van der Waals surface area contributed by atoms with Crippen molar-refractivity contribution in [2.45, 2.75) is 18.6 Å². The van der Waals surface area contributed by atoms with Crippen molar-refractivity contribution in [3.63, 3.8) is 0 Å². The third-order valence-corrected chi connectivity index (χ3v) is 4.69. The number of rotatable bonds is 6. The van der Waals surface area contributed by atoms with Gasteiger partial charge in [0.1, 0.15) is 5.82 Å². The summed E-state index contributed by atoms with van der Waals surface area (Å²) in [5, 5.41) is 11.7. The molecule has 0 unspecified atom stereocenters. The average molecular weight is 392 g/mol. The van der Waals surface area contributed by atoms with E-state index >= 15 is 0 Å². The van der Waals surface area contributed by atoms with Crippen molar-refractivity contribution in [3.05, 3.63) is 53.6 Å². The third kappa shape index (κ3) is 4.20. The van der Waals surface area contributed by atoms with Gasteiger partial charge in [0.05, 0.1) is 11.4 Å². The van der Waals surface area contributed by atoms with E-state index < -0.39 is 5.82 Å². The third-order valence-electron chi connectivity index (χ3n) is 3.49. The summed E-state index contributed by atoms with van der Waals surface area (Å²) in [5.74, 6) is -0.156. The van der Waals surface area contributed by atoms with Gasteiger partial charge in [-0.05, 0) is 37.3 Å². The van der Waals surface area contributed by atoms with E-state index in [0.717, 1.165) is 11.6 Å². The zero-order chi connectivity index (χ0) is 18.5. The van der Waals surface area contributed by atoms with E-state index in [9.17, 15) is 9.18 Å². The fraction of sp³-hybridized carbons (Fsp3) is 0.176. The highest BCUT2D eigenvalue weighted by Gasteiger charge is 2.15. The van der Waals surface area contributed by atoms with Crippen LogP contribution in [0, 0.1) is 5.82 Å². The first-order valence-electron chi connectivity index (χ1n) is 7.79. The Bertz CT molecular complexity index is 919. The molecule has 2 heterocycles. The fourth-order valence-electron chi connectivity index (χ4n) is 2.30. The smallest absolute Gasteiger partial charge is 0.234 e. The summed E-state index contributed by atoms with van der Waals surface area (Å²) in [4.78, 5) is 16.2. The Kier molecular flexibility index (Phi) is 5.85. The van der Waals surface area contributed by atoms with Crippen molar-refractivity contribution in [2.75, 3.05) is 11.1 Å². The molecule has 0 fully saturated rings. The van der Waals surface area contributed by atoms with Crippen molar-refractivity contribution in [1.82, 2.24) is 19.7 Å². The number of hydrogen-bond donors (Lipinski definition) is 1. The summed E-state index contributed by atoms with van der Waals surface area (Å²) in [5.41, 5.74) is 0.939. The molecule has 9 heteroatoms. The Morgan fingerprint density at radius 3 is 2.88 bits per heavy atom. The van der Waals surface area contributed by atoms with Crippen LogP contribution in [-0.2, 0) is 11.3 Å². The molecule has 0 aliphatic heterocycles. The molecule has 1 aromatic carbocycles. The van der Waals surface area contributed by atoms with Crippen molar-refractivity contribution in [1.29, 1.82) is 0 Å². The molecule has 1 N–H and O–H groups in total. The molecular weight excluding hydrogens is 377 g/mol. The summed E-state index contributed by atoms with van der Waals surface area (Å²) in [7, 11) is 0. The van der Waals surface area contributed by atoms with Crippen LogP contribution in [-0.4, -0.2) is 31.4 Å². The molecule has 6 nitrogen and oxygen atoms in total. The largest absolute Gasteiger partial charge is 0.323 e. The summed E-state index contributed by atoms with van der Waals surface area (Å²) in [6.45, 7) is 2.61. The van der Waals surface area contributed by atoms with E-state index in [-0.39, 0.29) is 22.4 Å². The molecule has 0 bridgehead atoms. The Labute approximate surface area is 158 Å². The minimum atomic E-state index is -0.577. The molecule has 0 aliphatic rings. The average Bonchev–Trinajstić information content (AvgIpc) is 3.06. The van der Waals surface area contributed by atoms with Crippen LogP contribution in [0.15, 0.2) is 47.9 Å². The summed E-state index contributed by atoms with van der Waals surface area (Å²) in [6.07, 6.45) is 3.40. The Hall–Kier alpha value is -2.45. The van der Waals surface area contributed by atoms with E-state index in [1.807, 2.05) is 23.6 Å². The first kappa shape index (κ1) is 18.3. The normalized spacial score (nSPS) is 10.7. The molecule has 2 aromatic heterocycles.